The summed E-state index contributed by atoms with van der Waals surface area (Å²) in [5.41, 5.74) is -0.529. The number of ether oxygens (including phenoxy) is 1. The number of aromatic hydroxyl groups is 1. The molecule has 1 rings (SSSR count). The van der Waals surface area contributed by atoms with Crippen molar-refractivity contribution < 1.29 is 37.7 Å². The number of methoxy groups -OCH3 is 1. The maximum absolute atomic E-state index is 12.4. The summed E-state index contributed by atoms with van der Waals surface area (Å²) in [6.45, 7) is 0. The summed E-state index contributed by atoms with van der Waals surface area (Å²) in [7, 11) is 0.828. The van der Waals surface area contributed by atoms with E-state index in [1.54, 1.807) is 0 Å². The molecule has 0 aliphatic carbocycles. The first-order valence-electron chi connectivity index (χ1n) is 5.60. The van der Waals surface area contributed by atoms with Crippen LogP contribution < -0.4 is 5.32 Å². The lowest BCUT2D eigenvalue weighted by Crippen LogP contribution is -2.34. The van der Waals surface area contributed by atoms with Crippen molar-refractivity contribution in [1.29, 1.82) is 0 Å². The second-order valence-corrected chi connectivity index (χ2v) is 4.06. The van der Waals surface area contributed by atoms with Crippen LogP contribution in [-0.4, -0.2) is 41.5 Å². The number of alkyl halides is 3. The molecule has 1 amide bonds. The lowest BCUT2D eigenvalue weighted by Gasteiger charge is -2.18. The number of benzene rings is 1. The van der Waals surface area contributed by atoms with Crippen LogP contribution in [0.5, 0.6) is 5.75 Å². The van der Waals surface area contributed by atoms with Crippen molar-refractivity contribution in [2.75, 3.05) is 12.4 Å². The number of anilines is 1. The molecule has 0 fully saturated rings. The average Bonchev–Trinajstić information content (AvgIpc) is 2.36. The second-order valence-electron chi connectivity index (χ2n) is 4.06. The minimum atomic E-state index is -4.69. The largest absolute Gasteiger partial charge is 0.507 e. The molecule has 116 valence electrons. The standard InChI is InChI=1S/C12H12F3NO5/c1-21-9(12(13,14)15)5-10(18)16-6-2-3-8(17)7(4-6)11(19)20/h2-4,9,17H,5H2,1H3,(H,16,18)(H,19,20). The molecular formula is C12H12F3NO5. The molecule has 6 nitrogen and oxygen atoms in total. The summed E-state index contributed by atoms with van der Waals surface area (Å²) < 4.78 is 41.5. The van der Waals surface area contributed by atoms with E-state index >= 15 is 0 Å². The van der Waals surface area contributed by atoms with Crippen molar-refractivity contribution in [3.8, 4) is 5.75 Å². The Morgan fingerprint density at radius 2 is 2.00 bits per heavy atom. The molecular weight excluding hydrogens is 295 g/mol. The minimum Gasteiger partial charge on any atom is -0.507 e. The van der Waals surface area contributed by atoms with Crippen LogP contribution in [0.15, 0.2) is 18.2 Å². The summed E-state index contributed by atoms with van der Waals surface area (Å²) in [6, 6.07) is 3.11. The Kier molecular flexibility index (Phi) is 5.14. The fourth-order valence-corrected chi connectivity index (χ4v) is 1.50. The number of rotatable bonds is 5. The summed E-state index contributed by atoms with van der Waals surface area (Å²) in [6.07, 6.45) is -7.91. The number of carbonyl (C=O) groups is 2. The van der Waals surface area contributed by atoms with E-state index in [9.17, 15) is 27.9 Å². The summed E-state index contributed by atoms with van der Waals surface area (Å²) in [5.74, 6) is -2.96. The first-order valence-corrected chi connectivity index (χ1v) is 5.60. The zero-order chi connectivity index (χ0) is 16.2. The van der Waals surface area contributed by atoms with Crippen molar-refractivity contribution in [2.24, 2.45) is 0 Å². The van der Waals surface area contributed by atoms with E-state index in [0.717, 1.165) is 25.3 Å². The van der Waals surface area contributed by atoms with Gasteiger partial charge >= 0.3 is 12.1 Å². The van der Waals surface area contributed by atoms with Gasteiger partial charge in [0.25, 0.3) is 0 Å². The molecule has 0 bridgehead atoms. The van der Waals surface area contributed by atoms with Crippen molar-refractivity contribution in [1.82, 2.24) is 0 Å². The van der Waals surface area contributed by atoms with E-state index in [-0.39, 0.29) is 5.69 Å². The predicted octanol–water partition coefficient (Wildman–Crippen LogP) is 2.00. The van der Waals surface area contributed by atoms with E-state index in [2.05, 4.69) is 10.1 Å². The molecule has 0 heterocycles. The van der Waals surface area contributed by atoms with Crippen molar-refractivity contribution in [3.05, 3.63) is 23.8 Å². The number of carboxylic acids is 1. The predicted molar refractivity (Wildman–Crippen MR) is 65.2 cm³/mol. The number of aromatic carboxylic acids is 1. The Bertz CT molecular complexity index is 544. The van der Waals surface area contributed by atoms with Gasteiger partial charge in [0.1, 0.15) is 11.3 Å². The number of nitrogens with one attached hydrogen (secondary N) is 1. The van der Waals surface area contributed by atoms with Gasteiger partial charge in [-0.2, -0.15) is 13.2 Å². The molecule has 0 spiro atoms. The summed E-state index contributed by atoms with van der Waals surface area (Å²) in [5, 5.41) is 20.1. The van der Waals surface area contributed by atoms with Crippen LogP contribution in [0, 0.1) is 0 Å². The van der Waals surface area contributed by atoms with E-state index in [1.165, 1.54) is 0 Å². The van der Waals surface area contributed by atoms with Gasteiger partial charge in [-0.05, 0) is 18.2 Å². The Hall–Kier alpha value is -2.29. The Labute approximate surface area is 117 Å². The van der Waals surface area contributed by atoms with Gasteiger partial charge < -0.3 is 20.3 Å². The molecule has 3 N–H and O–H groups in total. The second kappa shape index (κ2) is 6.44. The number of hydrogen-bond acceptors (Lipinski definition) is 4. The van der Waals surface area contributed by atoms with Gasteiger partial charge in [-0.15, -0.1) is 0 Å². The molecule has 1 aromatic rings. The van der Waals surface area contributed by atoms with Crippen LogP contribution in [0.25, 0.3) is 0 Å². The third-order valence-electron chi connectivity index (χ3n) is 2.53. The average molecular weight is 307 g/mol. The molecule has 1 unspecified atom stereocenters. The van der Waals surface area contributed by atoms with Gasteiger partial charge in [0.05, 0.1) is 6.42 Å². The fourth-order valence-electron chi connectivity index (χ4n) is 1.50. The molecule has 1 atom stereocenters. The van der Waals surface area contributed by atoms with Crippen LogP contribution in [-0.2, 0) is 9.53 Å². The fraction of sp³-hybridized carbons (Fsp3) is 0.333. The summed E-state index contributed by atoms with van der Waals surface area (Å²) >= 11 is 0. The van der Waals surface area contributed by atoms with E-state index < -0.39 is 41.9 Å². The normalized spacial score (nSPS) is 12.8. The van der Waals surface area contributed by atoms with Crippen LogP contribution >= 0.6 is 0 Å². The zero-order valence-corrected chi connectivity index (χ0v) is 10.8. The SMILES string of the molecule is COC(CC(=O)Nc1ccc(O)c(C(=O)O)c1)C(F)(F)F. The molecule has 0 radical (unpaired) electrons. The molecule has 1 aromatic carbocycles. The molecule has 0 saturated heterocycles. The van der Waals surface area contributed by atoms with Gasteiger partial charge in [-0.3, -0.25) is 4.79 Å². The minimum absolute atomic E-state index is 0.0489. The summed E-state index contributed by atoms with van der Waals surface area (Å²) in [4.78, 5) is 22.3. The molecule has 0 aliphatic rings. The number of carbonyl (C=O) groups excluding carboxylic acids is 1. The number of amides is 1. The smallest absolute Gasteiger partial charge is 0.415 e. The highest BCUT2D eigenvalue weighted by molar-refractivity contribution is 5.95. The highest BCUT2D eigenvalue weighted by atomic mass is 19.4. The van der Waals surface area contributed by atoms with Crippen LogP contribution in [0.4, 0.5) is 18.9 Å². The number of phenols is 1. The third-order valence-corrected chi connectivity index (χ3v) is 2.53. The molecule has 9 heteroatoms. The van der Waals surface area contributed by atoms with Gasteiger partial charge in [0.2, 0.25) is 5.91 Å². The molecule has 0 aliphatic heterocycles. The number of hydrogen-bond donors (Lipinski definition) is 3. The number of halogens is 3. The first-order chi connectivity index (χ1) is 9.65. The Morgan fingerprint density at radius 1 is 1.38 bits per heavy atom. The monoisotopic (exact) mass is 307 g/mol. The van der Waals surface area contributed by atoms with Crippen LogP contribution in [0.1, 0.15) is 16.8 Å². The molecule has 0 saturated carbocycles. The van der Waals surface area contributed by atoms with E-state index in [0.29, 0.717) is 0 Å². The molecule has 21 heavy (non-hydrogen) atoms. The third kappa shape index (κ3) is 4.63. The lowest BCUT2D eigenvalue weighted by atomic mass is 10.1. The zero-order valence-electron chi connectivity index (χ0n) is 10.8. The lowest BCUT2D eigenvalue weighted by molar-refractivity contribution is -0.213. The van der Waals surface area contributed by atoms with Crippen LogP contribution in [0.2, 0.25) is 0 Å². The Balaban J connectivity index is 2.80. The van der Waals surface area contributed by atoms with Crippen molar-refractivity contribution in [2.45, 2.75) is 18.7 Å². The van der Waals surface area contributed by atoms with Crippen molar-refractivity contribution in [3.63, 3.8) is 0 Å². The van der Waals surface area contributed by atoms with Crippen molar-refractivity contribution >= 4 is 17.6 Å². The quantitative estimate of drug-likeness (QED) is 0.723. The van der Waals surface area contributed by atoms with E-state index in [4.69, 9.17) is 5.11 Å². The first kappa shape index (κ1) is 16.8. The highest BCUT2D eigenvalue weighted by Gasteiger charge is 2.41. The van der Waals surface area contributed by atoms with Gasteiger partial charge in [-0.1, -0.05) is 0 Å². The highest BCUT2D eigenvalue weighted by Crippen LogP contribution is 2.26. The Morgan fingerprint density at radius 3 is 2.48 bits per heavy atom. The topological polar surface area (TPSA) is 95.9 Å². The van der Waals surface area contributed by atoms with Gasteiger partial charge in [0.15, 0.2) is 6.10 Å². The van der Waals surface area contributed by atoms with Crippen LogP contribution in [0.3, 0.4) is 0 Å². The maximum atomic E-state index is 12.4. The number of carboxylic acid groups (broad SMARTS) is 1. The van der Waals surface area contributed by atoms with Gasteiger partial charge in [-0.25, -0.2) is 4.79 Å². The van der Waals surface area contributed by atoms with E-state index in [1.807, 2.05) is 0 Å². The van der Waals surface area contributed by atoms with Gasteiger partial charge in [0, 0.05) is 12.8 Å². The molecule has 0 aromatic heterocycles. The maximum Gasteiger partial charge on any atom is 0.415 e.